The van der Waals surface area contributed by atoms with Crippen molar-refractivity contribution in [1.29, 1.82) is 0 Å². The molecule has 182 valence electrons. The van der Waals surface area contributed by atoms with Gasteiger partial charge in [-0.1, -0.05) is 47.0 Å². The SMILES string of the molecule is CC(C)CN(C(=O)CN1C(=O)NC2(CCCCC2)C1=O)c1c(N)n(CC(C)C)c(=O)[nH]c1=O. The maximum Gasteiger partial charge on any atom is 0.330 e. The Hall–Kier alpha value is -3.11. The molecule has 11 heteroatoms. The molecule has 1 aliphatic carbocycles. The smallest absolute Gasteiger partial charge is 0.330 e. The first-order chi connectivity index (χ1) is 15.5. The van der Waals surface area contributed by atoms with Crippen molar-refractivity contribution in [1.82, 2.24) is 19.8 Å². The third-order valence-electron chi connectivity index (χ3n) is 6.13. The van der Waals surface area contributed by atoms with E-state index in [2.05, 4.69) is 10.3 Å². The molecule has 1 saturated heterocycles. The van der Waals surface area contributed by atoms with E-state index in [-0.39, 0.29) is 36.4 Å². The van der Waals surface area contributed by atoms with Gasteiger partial charge in [0.15, 0.2) is 5.69 Å². The average Bonchev–Trinajstić information content (AvgIpc) is 2.94. The zero-order chi connectivity index (χ0) is 24.5. The number of nitrogens with two attached hydrogens (primary N) is 1. The zero-order valence-corrected chi connectivity index (χ0v) is 19.8. The highest BCUT2D eigenvalue weighted by Crippen LogP contribution is 2.33. The highest BCUT2D eigenvalue weighted by Gasteiger charge is 2.52. The molecule has 1 spiro atoms. The summed E-state index contributed by atoms with van der Waals surface area (Å²) in [5.41, 5.74) is 3.68. The minimum absolute atomic E-state index is 0.0500. The van der Waals surface area contributed by atoms with Gasteiger partial charge in [-0.05, 0) is 24.7 Å². The fraction of sp³-hybridized carbons (Fsp3) is 0.682. The van der Waals surface area contributed by atoms with E-state index >= 15 is 0 Å². The number of imide groups is 1. The number of carbonyl (C=O) groups is 3. The first-order valence-electron chi connectivity index (χ1n) is 11.5. The molecule has 33 heavy (non-hydrogen) atoms. The Labute approximate surface area is 192 Å². The maximum atomic E-state index is 13.4. The van der Waals surface area contributed by atoms with Gasteiger partial charge in [-0.3, -0.25) is 28.8 Å². The highest BCUT2D eigenvalue weighted by molar-refractivity contribution is 6.10. The summed E-state index contributed by atoms with van der Waals surface area (Å²) in [7, 11) is 0. The number of nitrogen functional groups attached to an aromatic ring is 1. The Balaban J connectivity index is 1.95. The fourth-order valence-electron chi connectivity index (χ4n) is 4.60. The molecule has 11 nitrogen and oxygen atoms in total. The number of carbonyl (C=O) groups excluding carboxylic acids is 3. The van der Waals surface area contributed by atoms with E-state index in [0.29, 0.717) is 12.8 Å². The third-order valence-corrected chi connectivity index (χ3v) is 6.13. The van der Waals surface area contributed by atoms with Crippen molar-refractivity contribution < 1.29 is 14.4 Å². The Kier molecular flexibility index (Phi) is 6.99. The average molecular weight is 463 g/mol. The van der Waals surface area contributed by atoms with Crippen molar-refractivity contribution in [3.05, 3.63) is 20.8 Å². The number of nitrogens with zero attached hydrogens (tertiary/aromatic N) is 3. The summed E-state index contributed by atoms with van der Waals surface area (Å²) >= 11 is 0. The van der Waals surface area contributed by atoms with E-state index in [4.69, 9.17) is 5.73 Å². The number of urea groups is 1. The second kappa shape index (κ2) is 9.40. The first kappa shape index (κ1) is 24.5. The van der Waals surface area contributed by atoms with Crippen LogP contribution >= 0.6 is 0 Å². The number of amides is 4. The van der Waals surface area contributed by atoms with Gasteiger partial charge >= 0.3 is 11.7 Å². The van der Waals surface area contributed by atoms with Crippen molar-refractivity contribution in [3.63, 3.8) is 0 Å². The summed E-state index contributed by atoms with van der Waals surface area (Å²) in [6.45, 7) is 7.38. The molecule has 1 aromatic heterocycles. The molecule has 2 heterocycles. The molecule has 4 amide bonds. The topological polar surface area (TPSA) is 151 Å². The van der Waals surface area contributed by atoms with E-state index in [1.807, 2.05) is 27.7 Å². The van der Waals surface area contributed by atoms with Crippen molar-refractivity contribution in [3.8, 4) is 0 Å². The van der Waals surface area contributed by atoms with Gasteiger partial charge < -0.3 is 16.0 Å². The van der Waals surface area contributed by atoms with Crippen LogP contribution in [-0.2, 0) is 16.1 Å². The van der Waals surface area contributed by atoms with Crippen LogP contribution in [0.1, 0.15) is 59.8 Å². The molecule has 0 radical (unpaired) electrons. The van der Waals surface area contributed by atoms with Crippen LogP contribution in [-0.4, -0.2) is 50.9 Å². The Morgan fingerprint density at radius 2 is 1.70 bits per heavy atom. The second-order valence-electron chi connectivity index (χ2n) is 9.86. The monoisotopic (exact) mass is 462 g/mol. The number of rotatable bonds is 7. The van der Waals surface area contributed by atoms with Gasteiger partial charge in [-0.25, -0.2) is 9.59 Å². The van der Waals surface area contributed by atoms with E-state index in [0.717, 1.165) is 24.2 Å². The maximum absolute atomic E-state index is 13.4. The van der Waals surface area contributed by atoms with E-state index in [9.17, 15) is 24.0 Å². The largest absolute Gasteiger partial charge is 0.383 e. The van der Waals surface area contributed by atoms with Crippen molar-refractivity contribution in [2.45, 2.75) is 71.9 Å². The van der Waals surface area contributed by atoms with Crippen LogP contribution in [0.25, 0.3) is 0 Å². The van der Waals surface area contributed by atoms with Crippen molar-refractivity contribution in [2.24, 2.45) is 11.8 Å². The van der Waals surface area contributed by atoms with E-state index < -0.39 is 41.2 Å². The normalized spacial score (nSPS) is 17.8. The number of nitrogens with one attached hydrogen (secondary N) is 2. The lowest BCUT2D eigenvalue weighted by Gasteiger charge is -2.31. The Morgan fingerprint density at radius 3 is 2.27 bits per heavy atom. The molecule has 2 aliphatic rings. The van der Waals surface area contributed by atoms with E-state index in [1.165, 1.54) is 9.47 Å². The zero-order valence-electron chi connectivity index (χ0n) is 19.8. The van der Waals surface area contributed by atoms with Gasteiger partial charge in [0.05, 0.1) is 0 Å². The quantitative estimate of drug-likeness (QED) is 0.515. The summed E-state index contributed by atoms with van der Waals surface area (Å²) < 4.78 is 1.23. The number of hydrogen-bond donors (Lipinski definition) is 3. The van der Waals surface area contributed by atoms with Crippen LogP contribution in [0, 0.1) is 11.8 Å². The van der Waals surface area contributed by atoms with Crippen LogP contribution < -0.4 is 27.2 Å². The molecular formula is C22H34N6O5. The van der Waals surface area contributed by atoms with Gasteiger partial charge in [0, 0.05) is 13.1 Å². The van der Waals surface area contributed by atoms with Crippen LogP contribution in [0.2, 0.25) is 0 Å². The van der Waals surface area contributed by atoms with Crippen LogP contribution in [0.5, 0.6) is 0 Å². The molecule has 2 fully saturated rings. The summed E-state index contributed by atoms with van der Waals surface area (Å²) in [4.78, 5) is 68.5. The van der Waals surface area contributed by atoms with Gasteiger partial charge in [-0.2, -0.15) is 0 Å². The van der Waals surface area contributed by atoms with Gasteiger partial charge in [0.2, 0.25) is 5.91 Å². The summed E-state index contributed by atoms with van der Waals surface area (Å²) in [5.74, 6) is -1.13. The molecular weight excluding hydrogens is 428 g/mol. The molecule has 1 aromatic rings. The first-order valence-corrected chi connectivity index (χ1v) is 11.5. The lowest BCUT2D eigenvalue weighted by Crippen LogP contribution is -2.50. The number of H-pyrrole nitrogens is 1. The molecule has 0 unspecified atom stereocenters. The lowest BCUT2D eigenvalue weighted by atomic mass is 9.82. The van der Waals surface area contributed by atoms with Gasteiger partial charge in [-0.15, -0.1) is 0 Å². The van der Waals surface area contributed by atoms with Gasteiger partial charge in [0.25, 0.3) is 11.5 Å². The van der Waals surface area contributed by atoms with Gasteiger partial charge in [0.1, 0.15) is 17.9 Å². The predicted molar refractivity (Wildman–Crippen MR) is 124 cm³/mol. The molecule has 4 N–H and O–H groups in total. The standard InChI is InChI=1S/C22H34N6O5/c1-13(2)10-26(16-17(23)27(11-14(3)4)20(32)24-18(16)30)15(29)12-28-19(31)22(25-21(28)33)8-6-5-7-9-22/h13-14H,5-12,23H2,1-4H3,(H,25,33)(H,24,30,32). The highest BCUT2D eigenvalue weighted by atomic mass is 16.2. The number of aromatic amines is 1. The number of hydrogen-bond acceptors (Lipinski definition) is 6. The molecule has 0 atom stereocenters. The summed E-state index contributed by atoms with van der Waals surface area (Å²) in [6, 6.07) is -0.605. The minimum Gasteiger partial charge on any atom is -0.383 e. The predicted octanol–water partition coefficient (Wildman–Crippen LogP) is 1.02. The number of anilines is 2. The van der Waals surface area contributed by atoms with Crippen LogP contribution in [0.3, 0.4) is 0 Å². The lowest BCUT2D eigenvalue weighted by molar-refractivity contribution is -0.135. The van der Waals surface area contributed by atoms with Crippen LogP contribution in [0.15, 0.2) is 9.59 Å². The van der Waals surface area contributed by atoms with E-state index in [1.54, 1.807) is 0 Å². The summed E-state index contributed by atoms with van der Waals surface area (Å²) in [6.07, 6.45) is 3.75. The second-order valence-corrected chi connectivity index (χ2v) is 9.86. The van der Waals surface area contributed by atoms with Crippen molar-refractivity contribution in [2.75, 3.05) is 23.7 Å². The summed E-state index contributed by atoms with van der Waals surface area (Å²) in [5, 5.41) is 2.78. The molecule has 1 saturated carbocycles. The fourth-order valence-corrected chi connectivity index (χ4v) is 4.60. The molecule has 0 aromatic carbocycles. The Bertz CT molecular complexity index is 1050. The third kappa shape index (κ3) is 4.81. The molecule has 1 aliphatic heterocycles. The molecule has 3 rings (SSSR count). The molecule has 0 bridgehead atoms. The minimum atomic E-state index is -0.945. The van der Waals surface area contributed by atoms with Crippen LogP contribution in [0.4, 0.5) is 16.3 Å². The van der Waals surface area contributed by atoms with Crippen molar-refractivity contribution >= 4 is 29.4 Å². The Morgan fingerprint density at radius 1 is 1.06 bits per heavy atom. The number of aromatic nitrogens is 2.